The molecule has 0 radical (unpaired) electrons. The average Bonchev–Trinajstić information content (AvgIpc) is 3.12. The van der Waals surface area contributed by atoms with E-state index < -0.39 is 9.84 Å². The molecule has 1 aromatic heterocycles. The zero-order valence-electron chi connectivity index (χ0n) is 18.1. The number of aromatic nitrogens is 1. The van der Waals surface area contributed by atoms with Crippen LogP contribution in [0.15, 0.2) is 27.4 Å². The zero-order chi connectivity index (χ0) is 21.8. The number of thiazole rings is 1. The van der Waals surface area contributed by atoms with Gasteiger partial charge in [0.15, 0.2) is 14.2 Å². The summed E-state index contributed by atoms with van der Waals surface area (Å²) < 4.78 is 25.0. The van der Waals surface area contributed by atoms with E-state index in [0.717, 1.165) is 27.5 Å². The molecule has 0 atom stereocenters. The third kappa shape index (κ3) is 9.35. The smallest absolute Gasteiger partial charge is 0.230 e. The highest BCUT2D eigenvalue weighted by Gasteiger charge is 2.12. The molecule has 8 heteroatoms. The van der Waals surface area contributed by atoms with Crippen molar-refractivity contribution in [1.82, 2.24) is 10.3 Å². The summed E-state index contributed by atoms with van der Waals surface area (Å²) in [4.78, 5) is 16.8. The molecule has 2 rings (SSSR count). The summed E-state index contributed by atoms with van der Waals surface area (Å²) in [5.41, 5.74) is 0.765. The van der Waals surface area contributed by atoms with Gasteiger partial charge in [-0.2, -0.15) is 0 Å². The highest BCUT2D eigenvalue weighted by Crippen LogP contribution is 2.31. The van der Waals surface area contributed by atoms with E-state index in [9.17, 15) is 13.2 Å². The molecule has 5 nitrogen and oxygen atoms in total. The summed E-state index contributed by atoms with van der Waals surface area (Å²) in [6.07, 6.45) is 14.0. The lowest BCUT2D eigenvalue weighted by atomic mass is 10.1. The van der Waals surface area contributed by atoms with E-state index in [1.54, 1.807) is 18.2 Å². The van der Waals surface area contributed by atoms with Gasteiger partial charge in [0, 0.05) is 12.8 Å². The molecule has 0 saturated carbocycles. The minimum Gasteiger partial charge on any atom is -0.355 e. The fourth-order valence-corrected chi connectivity index (χ4v) is 5.85. The molecule has 0 aliphatic heterocycles. The van der Waals surface area contributed by atoms with Gasteiger partial charge in [-0.1, -0.05) is 76.5 Å². The van der Waals surface area contributed by atoms with Crippen LogP contribution in [-0.2, 0) is 14.6 Å². The number of benzene rings is 1. The van der Waals surface area contributed by atoms with Gasteiger partial charge in [-0.25, -0.2) is 13.4 Å². The number of fused-ring (bicyclic) bond motifs is 1. The Morgan fingerprint density at radius 3 is 2.30 bits per heavy atom. The zero-order valence-corrected chi connectivity index (χ0v) is 20.6. The van der Waals surface area contributed by atoms with Crippen molar-refractivity contribution in [1.29, 1.82) is 0 Å². The minimum atomic E-state index is -3.23. The number of sulfone groups is 1. The molecular formula is C22H34N2O3S3. The van der Waals surface area contributed by atoms with E-state index in [0.29, 0.717) is 10.6 Å². The van der Waals surface area contributed by atoms with Gasteiger partial charge in [0.1, 0.15) is 0 Å². The molecule has 0 fully saturated rings. The van der Waals surface area contributed by atoms with E-state index >= 15 is 0 Å². The highest BCUT2D eigenvalue weighted by molar-refractivity contribution is 8.01. The van der Waals surface area contributed by atoms with Crippen LogP contribution in [-0.4, -0.2) is 37.9 Å². The summed E-state index contributed by atoms with van der Waals surface area (Å²) in [5.74, 6) is 0.350. The van der Waals surface area contributed by atoms with Gasteiger partial charge in [0.2, 0.25) is 5.91 Å². The Hall–Kier alpha value is -1.12. The topological polar surface area (TPSA) is 76.1 Å². The summed E-state index contributed by atoms with van der Waals surface area (Å²) >= 11 is 2.82. The van der Waals surface area contributed by atoms with Crippen LogP contribution >= 0.6 is 23.1 Å². The monoisotopic (exact) mass is 470 g/mol. The quantitative estimate of drug-likeness (QED) is 0.262. The van der Waals surface area contributed by atoms with Crippen LogP contribution in [0, 0.1) is 0 Å². The number of hydrogen-bond donors (Lipinski definition) is 1. The summed E-state index contributed by atoms with van der Waals surface area (Å²) in [7, 11) is -3.23. The van der Waals surface area contributed by atoms with E-state index in [1.807, 2.05) is 0 Å². The van der Waals surface area contributed by atoms with E-state index in [2.05, 4.69) is 17.2 Å². The first-order valence-corrected chi connectivity index (χ1v) is 14.6. The van der Waals surface area contributed by atoms with Gasteiger partial charge in [0.25, 0.3) is 0 Å². The first-order chi connectivity index (χ1) is 14.4. The largest absolute Gasteiger partial charge is 0.355 e. The Labute approximate surface area is 189 Å². The lowest BCUT2D eigenvalue weighted by molar-refractivity contribution is -0.118. The second kappa shape index (κ2) is 13.3. The van der Waals surface area contributed by atoms with Crippen molar-refractivity contribution in [2.75, 3.05) is 18.6 Å². The van der Waals surface area contributed by atoms with Crippen LogP contribution in [0.4, 0.5) is 0 Å². The van der Waals surface area contributed by atoms with Crippen molar-refractivity contribution in [3.05, 3.63) is 18.2 Å². The molecule has 2 aromatic rings. The SMILES string of the molecule is CCCCCCCCCCCCNC(=O)CSc1nc2ccc(S(C)(=O)=O)cc2s1. The third-order valence-electron chi connectivity index (χ3n) is 4.95. The third-order valence-corrected chi connectivity index (χ3v) is 8.22. The Kier molecular flexibility index (Phi) is 11.2. The Bertz CT molecular complexity index is 894. The molecule has 168 valence electrons. The van der Waals surface area contributed by atoms with Crippen molar-refractivity contribution >= 4 is 49.1 Å². The Morgan fingerprint density at radius 2 is 1.67 bits per heavy atom. The second-order valence-corrected chi connectivity index (χ2v) is 12.0. The van der Waals surface area contributed by atoms with Gasteiger partial charge in [-0.3, -0.25) is 4.79 Å². The Morgan fingerprint density at radius 1 is 1.03 bits per heavy atom. The molecule has 0 saturated heterocycles. The van der Waals surface area contributed by atoms with Crippen molar-refractivity contribution in [3.63, 3.8) is 0 Å². The number of rotatable bonds is 15. The minimum absolute atomic E-state index is 0.0204. The van der Waals surface area contributed by atoms with Crippen molar-refractivity contribution in [2.24, 2.45) is 0 Å². The summed E-state index contributed by atoms with van der Waals surface area (Å²) in [5, 5.41) is 2.98. The van der Waals surface area contributed by atoms with Gasteiger partial charge in [0.05, 0.1) is 20.9 Å². The fourth-order valence-electron chi connectivity index (χ4n) is 3.19. The number of unbranched alkanes of at least 4 members (excludes halogenated alkanes) is 9. The van der Waals surface area contributed by atoms with Gasteiger partial charge in [-0.05, 0) is 24.6 Å². The standard InChI is InChI=1S/C22H34N2O3S3/c1-3-4-5-6-7-8-9-10-11-12-15-23-21(25)17-28-22-24-19-14-13-18(30(2,26)27)16-20(19)29-22/h13-14,16H,3-12,15,17H2,1-2H3,(H,23,25). The summed E-state index contributed by atoms with van der Waals surface area (Å²) in [6, 6.07) is 4.94. The normalized spacial score (nSPS) is 11.8. The maximum absolute atomic E-state index is 12.0. The van der Waals surface area contributed by atoms with E-state index in [4.69, 9.17) is 0 Å². The van der Waals surface area contributed by atoms with E-state index in [1.165, 1.54) is 87.1 Å². The average molecular weight is 471 g/mol. The van der Waals surface area contributed by atoms with Crippen LogP contribution in [0.1, 0.15) is 71.1 Å². The number of thioether (sulfide) groups is 1. The van der Waals surface area contributed by atoms with Crippen LogP contribution in [0.2, 0.25) is 0 Å². The molecule has 30 heavy (non-hydrogen) atoms. The number of amides is 1. The lowest BCUT2D eigenvalue weighted by Crippen LogP contribution is -2.26. The molecule has 1 heterocycles. The molecular weight excluding hydrogens is 436 g/mol. The molecule has 0 aliphatic carbocycles. The number of carbonyl (C=O) groups excluding carboxylic acids is 1. The van der Waals surface area contributed by atoms with Crippen molar-refractivity contribution in [3.8, 4) is 0 Å². The predicted octanol–water partition coefficient (Wildman–Crippen LogP) is 5.83. The van der Waals surface area contributed by atoms with Crippen LogP contribution in [0.3, 0.4) is 0 Å². The molecule has 1 aromatic carbocycles. The molecule has 1 amide bonds. The van der Waals surface area contributed by atoms with Crippen LogP contribution in [0.25, 0.3) is 10.2 Å². The maximum Gasteiger partial charge on any atom is 0.230 e. The van der Waals surface area contributed by atoms with Crippen molar-refractivity contribution < 1.29 is 13.2 Å². The molecule has 0 spiro atoms. The van der Waals surface area contributed by atoms with Gasteiger partial charge < -0.3 is 5.32 Å². The molecule has 1 N–H and O–H groups in total. The van der Waals surface area contributed by atoms with Crippen LogP contribution in [0.5, 0.6) is 0 Å². The van der Waals surface area contributed by atoms with Crippen LogP contribution < -0.4 is 5.32 Å². The Balaban J connectivity index is 1.58. The predicted molar refractivity (Wildman–Crippen MR) is 128 cm³/mol. The van der Waals surface area contributed by atoms with Gasteiger partial charge in [-0.15, -0.1) is 11.3 Å². The van der Waals surface area contributed by atoms with Crippen molar-refractivity contribution in [2.45, 2.75) is 80.4 Å². The number of hydrogen-bond acceptors (Lipinski definition) is 6. The highest BCUT2D eigenvalue weighted by atomic mass is 32.2. The maximum atomic E-state index is 12.0. The molecule has 0 unspecified atom stereocenters. The number of carbonyl (C=O) groups is 1. The van der Waals surface area contributed by atoms with E-state index in [-0.39, 0.29) is 5.91 Å². The number of nitrogens with one attached hydrogen (secondary N) is 1. The first kappa shape index (κ1) is 25.1. The fraction of sp³-hybridized carbons (Fsp3) is 0.636. The van der Waals surface area contributed by atoms with Gasteiger partial charge >= 0.3 is 0 Å². The second-order valence-electron chi connectivity index (χ2n) is 7.70. The number of nitrogens with zero attached hydrogens (tertiary/aromatic N) is 1. The lowest BCUT2D eigenvalue weighted by Gasteiger charge is -2.05. The molecule has 0 aliphatic rings. The summed E-state index contributed by atoms with van der Waals surface area (Å²) in [6.45, 7) is 2.98. The first-order valence-electron chi connectivity index (χ1n) is 10.9. The molecule has 0 bridgehead atoms.